The summed E-state index contributed by atoms with van der Waals surface area (Å²) in [7, 11) is 0. The van der Waals surface area contributed by atoms with Crippen LogP contribution in [0, 0.1) is 6.92 Å². The zero-order valence-electron chi connectivity index (χ0n) is 10.7. The molecule has 1 rings (SSSR count). The number of aliphatic carboxylic acids is 1. The standard InChI is InChI=1S/C14H21NO2/c1-10-4-7-13(8-5-10)12(3)15-11(2)6-9-14(16)17/h4-5,7-8,11-12,15H,6,9H2,1-3H3,(H,16,17). The van der Waals surface area contributed by atoms with Gasteiger partial charge < -0.3 is 10.4 Å². The lowest BCUT2D eigenvalue weighted by Gasteiger charge is -2.20. The van der Waals surface area contributed by atoms with Crippen LogP contribution in [-0.2, 0) is 4.79 Å². The Balaban J connectivity index is 2.45. The van der Waals surface area contributed by atoms with Gasteiger partial charge in [-0.25, -0.2) is 0 Å². The Labute approximate surface area is 103 Å². The van der Waals surface area contributed by atoms with Gasteiger partial charge in [-0.1, -0.05) is 29.8 Å². The van der Waals surface area contributed by atoms with E-state index < -0.39 is 5.97 Å². The average molecular weight is 235 g/mol. The number of hydrogen-bond donors (Lipinski definition) is 2. The van der Waals surface area contributed by atoms with Gasteiger partial charge in [-0.2, -0.15) is 0 Å². The van der Waals surface area contributed by atoms with Gasteiger partial charge in [0.15, 0.2) is 0 Å². The average Bonchev–Trinajstić information content (AvgIpc) is 2.27. The van der Waals surface area contributed by atoms with Gasteiger partial charge >= 0.3 is 5.97 Å². The Bertz CT molecular complexity index is 359. The van der Waals surface area contributed by atoms with Crippen LogP contribution in [0.2, 0.25) is 0 Å². The van der Waals surface area contributed by atoms with Crippen LogP contribution >= 0.6 is 0 Å². The molecular weight excluding hydrogens is 214 g/mol. The molecule has 17 heavy (non-hydrogen) atoms. The van der Waals surface area contributed by atoms with E-state index in [-0.39, 0.29) is 18.5 Å². The van der Waals surface area contributed by atoms with Crippen LogP contribution in [0.25, 0.3) is 0 Å². The summed E-state index contributed by atoms with van der Waals surface area (Å²) in [6, 6.07) is 8.86. The SMILES string of the molecule is Cc1ccc(C(C)NC(C)CCC(=O)O)cc1. The molecule has 0 spiro atoms. The summed E-state index contributed by atoms with van der Waals surface area (Å²) in [6.45, 7) is 6.19. The van der Waals surface area contributed by atoms with Crippen molar-refractivity contribution in [2.24, 2.45) is 0 Å². The number of aryl methyl sites for hydroxylation is 1. The number of hydrogen-bond acceptors (Lipinski definition) is 2. The minimum Gasteiger partial charge on any atom is -0.481 e. The molecule has 3 heteroatoms. The van der Waals surface area contributed by atoms with Crippen LogP contribution < -0.4 is 5.32 Å². The van der Waals surface area contributed by atoms with Crippen LogP contribution in [0.15, 0.2) is 24.3 Å². The van der Waals surface area contributed by atoms with Crippen molar-refractivity contribution in [3.63, 3.8) is 0 Å². The normalized spacial score (nSPS) is 14.3. The first-order chi connectivity index (χ1) is 7.99. The van der Waals surface area contributed by atoms with Gasteiger partial charge in [0.25, 0.3) is 0 Å². The topological polar surface area (TPSA) is 49.3 Å². The molecule has 2 unspecified atom stereocenters. The molecule has 2 atom stereocenters. The zero-order valence-corrected chi connectivity index (χ0v) is 10.7. The summed E-state index contributed by atoms with van der Waals surface area (Å²) in [5.74, 6) is -0.735. The molecular formula is C14H21NO2. The van der Waals surface area contributed by atoms with Gasteiger partial charge in [-0.3, -0.25) is 4.79 Å². The molecule has 0 fully saturated rings. The van der Waals surface area contributed by atoms with E-state index in [4.69, 9.17) is 5.11 Å². The van der Waals surface area contributed by atoms with Gasteiger partial charge in [0, 0.05) is 18.5 Å². The third-order valence-corrected chi connectivity index (χ3v) is 2.90. The number of carbonyl (C=O) groups is 1. The zero-order chi connectivity index (χ0) is 12.8. The first kappa shape index (κ1) is 13.7. The molecule has 94 valence electrons. The molecule has 0 radical (unpaired) electrons. The molecule has 1 aromatic rings. The van der Waals surface area contributed by atoms with Crippen molar-refractivity contribution in [3.8, 4) is 0 Å². The van der Waals surface area contributed by atoms with Crippen molar-refractivity contribution in [3.05, 3.63) is 35.4 Å². The first-order valence-electron chi connectivity index (χ1n) is 6.03. The van der Waals surface area contributed by atoms with E-state index in [2.05, 4.69) is 43.4 Å². The Kier molecular flexibility index (Phi) is 5.16. The molecule has 0 saturated carbocycles. The molecule has 0 heterocycles. The summed E-state index contributed by atoms with van der Waals surface area (Å²) in [5, 5.41) is 12.0. The molecule has 2 N–H and O–H groups in total. The van der Waals surface area contributed by atoms with E-state index in [1.165, 1.54) is 11.1 Å². The molecule has 0 bridgehead atoms. The maximum atomic E-state index is 10.5. The Morgan fingerprint density at radius 1 is 1.29 bits per heavy atom. The monoisotopic (exact) mass is 235 g/mol. The van der Waals surface area contributed by atoms with E-state index in [1.807, 2.05) is 6.92 Å². The number of carboxylic acids is 1. The maximum Gasteiger partial charge on any atom is 0.303 e. The highest BCUT2D eigenvalue weighted by molar-refractivity contribution is 5.66. The molecule has 0 aliphatic heterocycles. The summed E-state index contributed by atoms with van der Waals surface area (Å²) in [5.41, 5.74) is 2.48. The lowest BCUT2D eigenvalue weighted by atomic mass is 10.0. The van der Waals surface area contributed by atoms with Crippen molar-refractivity contribution in [1.82, 2.24) is 5.32 Å². The second-order valence-corrected chi connectivity index (χ2v) is 4.63. The molecule has 0 aliphatic rings. The van der Waals surface area contributed by atoms with Gasteiger partial charge in [0.05, 0.1) is 0 Å². The van der Waals surface area contributed by atoms with E-state index in [0.717, 1.165) is 0 Å². The summed E-state index contributed by atoms with van der Waals surface area (Å²) in [4.78, 5) is 10.5. The van der Waals surface area contributed by atoms with Crippen LogP contribution in [0.1, 0.15) is 43.9 Å². The lowest BCUT2D eigenvalue weighted by Crippen LogP contribution is -2.29. The Morgan fingerprint density at radius 3 is 2.41 bits per heavy atom. The third kappa shape index (κ3) is 5.00. The minimum absolute atomic E-state index is 0.211. The van der Waals surface area contributed by atoms with Crippen molar-refractivity contribution in [2.45, 2.75) is 45.7 Å². The maximum absolute atomic E-state index is 10.5. The fraction of sp³-hybridized carbons (Fsp3) is 0.500. The van der Waals surface area contributed by atoms with E-state index in [0.29, 0.717) is 6.42 Å². The van der Waals surface area contributed by atoms with E-state index in [9.17, 15) is 4.79 Å². The highest BCUT2D eigenvalue weighted by atomic mass is 16.4. The quantitative estimate of drug-likeness (QED) is 0.797. The summed E-state index contributed by atoms with van der Waals surface area (Å²) in [6.07, 6.45) is 0.875. The van der Waals surface area contributed by atoms with Gasteiger partial charge in [-0.15, -0.1) is 0 Å². The van der Waals surface area contributed by atoms with Crippen LogP contribution in [0.5, 0.6) is 0 Å². The molecule has 0 amide bonds. The minimum atomic E-state index is -0.735. The van der Waals surface area contributed by atoms with Crippen molar-refractivity contribution < 1.29 is 9.90 Å². The highest BCUT2D eigenvalue weighted by Gasteiger charge is 2.10. The fourth-order valence-electron chi connectivity index (χ4n) is 1.80. The fourth-order valence-corrected chi connectivity index (χ4v) is 1.80. The Morgan fingerprint density at radius 2 is 1.88 bits per heavy atom. The smallest absolute Gasteiger partial charge is 0.303 e. The first-order valence-corrected chi connectivity index (χ1v) is 6.03. The summed E-state index contributed by atoms with van der Waals surface area (Å²) >= 11 is 0. The second kappa shape index (κ2) is 6.40. The number of carboxylic acid groups (broad SMARTS) is 1. The third-order valence-electron chi connectivity index (χ3n) is 2.90. The second-order valence-electron chi connectivity index (χ2n) is 4.63. The molecule has 0 saturated heterocycles. The summed E-state index contributed by atoms with van der Waals surface area (Å²) < 4.78 is 0. The van der Waals surface area contributed by atoms with Gasteiger partial charge in [0.2, 0.25) is 0 Å². The molecule has 0 aromatic heterocycles. The predicted octanol–water partition coefficient (Wildman–Crippen LogP) is 2.90. The largest absolute Gasteiger partial charge is 0.481 e. The Hall–Kier alpha value is -1.35. The predicted molar refractivity (Wildman–Crippen MR) is 69.1 cm³/mol. The van der Waals surface area contributed by atoms with E-state index in [1.54, 1.807) is 0 Å². The van der Waals surface area contributed by atoms with Crippen molar-refractivity contribution in [2.75, 3.05) is 0 Å². The highest BCUT2D eigenvalue weighted by Crippen LogP contribution is 2.14. The van der Waals surface area contributed by atoms with Crippen LogP contribution in [-0.4, -0.2) is 17.1 Å². The van der Waals surface area contributed by atoms with Crippen LogP contribution in [0.4, 0.5) is 0 Å². The lowest BCUT2D eigenvalue weighted by molar-refractivity contribution is -0.137. The number of rotatable bonds is 6. The van der Waals surface area contributed by atoms with Crippen molar-refractivity contribution in [1.29, 1.82) is 0 Å². The van der Waals surface area contributed by atoms with E-state index >= 15 is 0 Å². The molecule has 0 aliphatic carbocycles. The van der Waals surface area contributed by atoms with Gasteiger partial charge in [0.1, 0.15) is 0 Å². The number of nitrogens with one attached hydrogen (secondary N) is 1. The van der Waals surface area contributed by atoms with Crippen LogP contribution in [0.3, 0.4) is 0 Å². The number of benzene rings is 1. The van der Waals surface area contributed by atoms with Gasteiger partial charge in [-0.05, 0) is 32.8 Å². The molecule has 3 nitrogen and oxygen atoms in total. The molecule has 1 aromatic carbocycles. The van der Waals surface area contributed by atoms with Crippen molar-refractivity contribution >= 4 is 5.97 Å².